The quantitative estimate of drug-likeness (QED) is 0.382. The number of hydrogen-bond acceptors (Lipinski definition) is 5. The fourth-order valence-electron chi connectivity index (χ4n) is 3.88. The number of carbonyl (C=O) groups excluding carboxylic acids is 2. The Morgan fingerprint density at radius 2 is 1.76 bits per heavy atom. The monoisotopic (exact) mass is 443 g/mol. The lowest BCUT2D eigenvalue weighted by atomic mass is 9.92. The summed E-state index contributed by atoms with van der Waals surface area (Å²) in [5, 5.41) is 10.1. The maximum Gasteiger partial charge on any atom is 0.258 e. The van der Waals surface area contributed by atoms with Crippen molar-refractivity contribution in [2.45, 2.75) is 12.3 Å². The number of nitrogens with zero attached hydrogens (tertiary/aromatic N) is 1. The van der Waals surface area contributed by atoms with Gasteiger partial charge in [-0.15, -0.1) is 0 Å². The van der Waals surface area contributed by atoms with Crippen molar-refractivity contribution in [3.8, 4) is 0 Å². The molecule has 9 heteroatoms. The standard InChI is InChI=1S/C24H18FN5O3/c25-14-8-10-15(11-9-14)26-24-29-21-20(23(33)30-24)17(12-19(31)28-21)22(32)27-18-7-3-5-13-4-1-2-6-16(13)18/h1-11,17H,12H2,(H,27,32)(H3,26,28,29,30,31,33). The van der Waals surface area contributed by atoms with Crippen LogP contribution >= 0.6 is 0 Å². The minimum atomic E-state index is -1.01. The Bertz CT molecular complexity index is 1440. The van der Waals surface area contributed by atoms with Gasteiger partial charge in [0.2, 0.25) is 17.8 Å². The number of aromatic nitrogens is 2. The molecule has 0 fully saturated rings. The number of halogens is 1. The van der Waals surface area contributed by atoms with Gasteiger partial charge in [-0.2, -0.15) is 4.98 Å². The van der Waals surface area contributed by atoms with Crippen LogP contribution in [0.15, 0.2) is 71.5 Å². The fraction of sp³-hybridized carbons (Fsp3) is 0.0833. The third-order valence-corrected chi connectivity index (χ3v) is 5.42. The van der Waals surface area contributed by atoms with E-state index < -0.39 is 29.1 Å². The molecule has 1 atom stereocenters. The third kappa shape index (κ3) is 4.03. The Labute approximate surface area is 186 Å². The van der Waals surface area contributed by atoms with E-state index in [-0.39, 0.29) is 23.8 Å². The molecular formula is C24H18FN5O3. The number of anilines is 4. The largest absolute Gasteiger partial charge is 0.326 e. The molecule has 0 aliphatic carbocycles. The summed E-state index contributed by atoms with van der Waals surface area (Å²) in [6.07, 6.45) is -0.181. The molecule has 0 radical (unpaired) electrons. The molecule has 1 unspecified atom stereocenters. The molecule has 5 rings (SSSR count). The van der Waals surface area contributed by atoms with Gasteiger partial charge >= 0.3 is 0 Å². The second kappa shape index (κ2) is 8.19. The molecule has 0 saturated carbocycles. The van der Waals surface area contributed by atoms with Gasteiger partial charge in [-0.1, -0.05) is 36.4 Å². The lowest BCUT2D eigenvalue weighted by Gasteiger charge is -2.24. The number of amides is 2. The van der Waals surface area contributed by atoms with Crippen molar-refractivity contribution in [2.24, 2.45) is 0 Å². The Morgan fingerprint density at radius 3 is 2.58 bits per heavy atom. The van der Waals surface area contributed by atoms with Crippen LogP contribution in [-0.4, -0.2) is 21.8 Å². The van der Waals surface area contributed by atoms with Crippen molar-refractivity contribution in [3.63, 3.8) is 0 Å². The van der Waals surface area contributed by atoms with Gasteiger partial charge in [-0.25, -0.2) is 4.39 Å². The molecule has 0 bridgehead atoms. The molecule has 4 aromatic rings. The smallest absolute Gasteiger partial charge is 0.258 e. The first-order valence-electron chi connectivity index (χ1n) is 10.2. The van der Waals surface area contributed by atoms with Crippen LogP contribution in [0.3, 0.4) is 0 Å². The Kier molecular flexibility index (Phi) is 5.06. The summed E-state index contributed by atoms with van der Waals surface area (Å²) in [4.78, 5) is 45.2. The van der Waals surface area contributed by atoms with Gasteiger partial charge < -0.3 is 16.0 Å². The van der Waals surface area contributed by atoms with E-state index in [1.54, 1.807) is 6.07 Å². The molecule has 2 amide bonds. The van der Waals surface area contributed by atoms with Gasteiger partial charge in [-0.3, -0.25) is 19.4 Å². The molecule has 0 saturated heterocycles. The van der Waals surface area contributed by atoms with Crippen molar-refractivity contribution in [1.29, 1.82) is 0 Å². The number of hydrogen-bond donors (Lipinski definition) is 4. The molecule has 3 aromatic carbocycles. The van der Waals surface area contributed by atoms with Crippen molar-refractivity contribution < 1.29 is 14.0 Å². The molecular weight excluding hydrogens is 425 g/mol. The first kappa shape index (κ1) is 20.4. The van der Waals surface area contributed by atoms with Gasteiger partial charge in [0.1, 0.15) is 11.6 Å². The topological polar surface area (TPSA) is 116 Å². The normalized spacial score (nSPS) is 14.9. The van der Waals surface area contributed by atoms with E-state index in [4.69, 9.17) is 0 Å². The summed E-state index contributed by atoms with van der Waals surface area (Å²) in [5.74, 6) is -2.25. The molecule has 1 aliphatic rings. The zero-order valence-corrected chi connectivity index (χ0v) is 17.2. The van der Waals surface area contributed by atoms with E-state index in [1.165, 1.54) is 24.3 Å². The van der Waals surface area contributed by atoms with Crippen molar-refractivity contribution in [1.82, 2.24) is 9.97 Å². The van der Waals surface area contributed by atoms with Gasteiger partial charge in [-0.05, 0) is 35.7 Å². The molecule has 1 aliphatic heterocycles. The van der Waals surface area contributed by atoms with Crippen LogP contribution in [0.2, 0.25) is 0 Å². The van der Waals surface area contributed by atoms with Crippen LogP contribution in [0.25, 0.3) is 10.8 Å². The zero-order chi connectivity index (χ0) is 22.9. The van der Waals surface area contributed by atoms with Crippen LogP contribution in [0.1, 0.15) is 17.9 Å². The van der Waals surface area contributed by atoms with Crippen LogP contribution in [0.5, 0.6) is 0 Å². The summed E-state index contributed by atoms with van der Waals surface area (Å²) < 4.78 is 13.1. The van der Waals surface area contributed by atoms with Crippen LogP contribution < -0.4 is 21.5 Å². The molecule has 1 aromatic heterocycles. The second-order valence-corrected chi connectivity index (χ2v) is 7.63. The molecule has 164 valence electrons. The van der Waals surface area contributed by atoms with Crippen molar-refractivity contribution >= 4 is 45.7 Å². The highest BCUT2D eigenvalue weighted by molar-refractivity contribution is 6.08. The SMILES string of the molecule is O=C1CC(C(=O)Nc2cccc3ccccc23)c2c(nc(Nc3ccc(F)cc3)[nH]c2=O)N1. The Morgan fingerprint density at radius 1 is 1.00 bits per heavy atom. The lowest BCUT2D eigenvalue weighted by Crippen LogP contribution is -2.36. The molecule has 2 heterocycles. The number of aromatic amines is 1. The minimum Gasteiger partial charge on any atom is -0.326 e. The van der Waals surface area contributed by atoms with Crippen LogP contribution in [0, 0.1) is 5.82 Å². The number of carbonyl (C=O) groups is 2. The van der Waals surface area contributed by atoms with Crippen LogP contribution in [0.4, 0.5) is 27.5 Å². The lowest BCUT2D eigenvalue weighted by molar-refractivity contribution is -0.123. The molecule has 0 spiro atoms. The third-order valence-electron chi connectivity index (χ3n) is 5.42. The van der Waals surface area contributed by atoms with E-state index in [0.717, 1.165) is 10.8 Å². The maximum absolute atomic E-state index is 13.2. The van der Waals surface area contributed by atoms with E-state index in [0.29, 0.717) is 11.4 Å². The predicted molar refractivity (Wildman–Crippen MR) is 123 cm³/mol. The van der Waals surface area contributed by atoms with Gasteiger partial charge in [0.15, 0.2) is 0 Å². The van der Waals surface area contributed by atoms with Gasteiger partial charge in [0.25, 0.3) is 5.56 Å². The number of nitrogens with one attached hydrogen (secondary N) is 4. The number of H-pyrrole nitrogens is 1. The van der Waals surface area contributed by atoms with Gasteiger partial charge in [0.05, 0.1) is 11.5 Å². The second-order valence-electron chi connectivity index (χ2n) is 7.63. The number of benzene rings is 3. The summed E-state index contributed by atoms with van der Waals surface area (Å²) in [6, 6.07) is 18.6. The Balaban J connectivity index is 1.46. The highest BCUT2D eigenvalue weighted by atomic mass is 19.1. The van der Waals surface area contributed by atoms with Crippen molar-refractivity contribution in [3.05, 3.63) is 88.5 Å². The van der Waals surface area contributed by atoms with E-state index in [1.807, 2.05) is 36.4 Å². The number of rotatable bonds is 4. The average molecular weight is 443 g/mol. The number of fused-ring (bicyclic) bond motifs is 2. The Hall–Kier alpha value is -4.53. The van der Waals surface area contributed by atoms with E-state index in [2.05, 4.69) is 25.9 Å². The van der Waals surface area contributed by atoms with E-state index >= 15 is 0 Å². The molecule has 33 heavy (non-hydrogen) atoms. The average Bonchev–Trinajstić information content (AvgIpc) is 2.80. The predicted octanol–water partition coefficient (Wildman–Crippen LogP) is 3.87. The maximum atomic E-state index is 13.2. The molecule has 4 N–H and O–H groups in total. The van der Waals surface area contributed by atoms with E-state index in [9.17, 15) is 18.8 Å². The summed E-state index contributed by atoms with van der Waals surface area (Å²) >= 11 is 0. The summed E-state index contributed by atoms with van der Waals surface area (Å²) in [6.45, 7) is 0. The molecule has 8 nitrogen and oxygen atoms in total. The van der Waals surface area contributed by atoms with Crippen molar-refractivity contribution in [2.75, 3.05) is 16.0 Å². The highest BCUT2D eigenvalue weighted by Gasteiger charge is 2.35. The first-order chi connectivity index (χ1) is 16.0. The van der Waals surface area contributed by atoms with Gasteiger partial charge in [0, 0.05) is 23.2 Å². The highest BCUT2D eigenvalue weighted by Crippen LogP contribution is 2.31. The summed E-state index contributed by atoms with van der Waals surface area (Å²) in [5.41, 5.74) is 0.608. The fourth-order valence-corrected chi connectivity index (χ4v) is 3.88. The van der Waals surface area contributed by atoms with Crippen LogP contribution in [-0.2, 0) is 9.59 Å². The first-order valence-corrected chi connectivity index (χ1v) is 10.2. The zero-order valence-electron chi connectivity index (χ0n) is 17.2. The summed E-state index contributed by atoms with van der Waals surface area (Å²) in [7, 11) is 0. The minimum absolute atomic E-state index is 0.0117.